The van der Waals surface area contributed by atoms with Gasteiger partial charge in [-0.3, -0.25) is 9.10 Å². The minimum Gasteiger partial charge on any atom is -0.354 e. The quantitative estimate of drug-likeness (QED) is 0.784. The zero-order chi connectivity index (χ0) is 19.2. The van der Waals surface area contributed by atoms with Crippen molar-refractivity contribution < 1.29 is 13.2 Å². The van der Waals surface area contributed by atoms with Crippen LogP contribution in [-0.4, -0.2) is 33.7 Å². The first kappa shape index (κ1) is 19.8. The van der Waals surface area contributed by atoms with Crippen LogP contribution in [0.15, 0.2) is 48.5 Å². The van der Waals surface area contributed by atoms with Crippen LogP contribution in [0.25, 0.3) is 0 Å². The van der Waals surface area contributed by atoms with Crippen molar-refractivity contribution in [1.82, 2.24) is 5.32 Å². The molecule has 0 fully saturated rings. The highest BCUT2D eigenvalue weighted by Gasteiger charge is 2.22. The first-order valence-electron chi connectivity index (χ1n) is 7.79. The number of carbonyl (C=O) groups excluding carboxylic acids is 1. The highest BCUT2D eigenvalue weighted by Crippen LogP contribution is 2.21. The Balaban J connectivity index is 2.03. The maximum atomic E-state index is 12.2. The van der Waals surface area contributed by atoms with Gasteiger partial charge in [-0.1, -0.05) is 35.9 Å². The fourth-order valence-corrected chi connectivity index (χ4v) is 3.34. The summed E-state index contributed by atoms with van der Waals surface area (Å²) in [6, 6.07) is 15.5. The van der Waals surface area contributed by atoms with Crippen LogP contribution in [0.5, 0.6) is 0 Å². The second-order valence-corrected chi connectivity index (χ2v) is 7.97. The molecule has 1 N–H and O–H groups in total. The molecule has 0 heterocycles. The summed E-state index contributed by atoms with van der Waals surface area (Å²) in [4.78, 5) is 12.2. The molecule has 0 aromatic heterocycles. The number of amides is 1. The summed E-state index contributed by atoms with van der Waals surface area (Å²) < 4.78 is 25.1. The van der Waals surface area contributed by atoms with Gasteiger partial charge in [0.1, 0.15) is 12.6 Å². The summed E-state index contributed by atoms with van der Waals surface area (Å²) in [6.07, 6.45) is 1.60. The molecule has 0 aliphatic rings. The van der Waals surface area contributed by atoms with E-state index in [1.165, 1.54) is 12.1 Å². The molecule has 0 saturated heterocycles. The van der Waals surface area contributed by atoms with E-state index >= 15 is 0 Å². The van der Waals surface area contributed by atoms with Crippen LogP contribution < -0.4 is 9.62 Å². The van der Waals surface area contributed by atoms with Gasteiger partial charge in [0.15, 0.2) is 0 Å². The second kappa shape index (κ2) is 8.70. The van der Waals surface area contributed by atoms with Gasteiger partial charge in [-0.25, -0.2) is 8.42 Å². The Morgan fingerprint density at radius 3 is 2.46 bits per heavy atom. The molecule has 0 radical (unpaired) electrons. The molecular formula is C18H18ClN3O3S. The van der Waals surface area contributed by atoms with E-state index in [4.69, 9.17) is 11.6 Å². The predicted octanol–water partition coefficient (Wildman–Crippen LogP) is 2.34. The average Bonchev–Trinajstić information content (AvgIpc) is 2.60. The molecule has 2 aromatic rings. The highest BCUT2D eigenvalue weighted by molar-refractivity contribution is 7.92. The Labute approximate surface area is 158 Å². The van der Waals surface area contributed by atoms with E-state index < -0.39 is 22.5 Å². The molecule has 0 aliphatic carbocycles. The number of rotatable bonds is 7. The van der Waals surface area contributed by atoms with E-state index in [9.17, 15) is 18.5 Å². The Hall–Kier alpha value is -2.56. The molecule has 8 heteroatoms. The van der Waals surface area contributed by atoms with Crippen LogP contribution in [0.1, 0.15) is 11.1 Å². The zero-order valence-electron chi connectivity index (χ0n) is 14.1. The van der Waals surface area contributed by atoms with Crippen molar-refractivity contribution in [2.24, 2.45) is 0 Å². The molecule has 0 bridgehead atoms. The van der Waals surface area contributed by atoms with E-state index in [-0.39, 0.29) is 11.3 Å². The zero-order valence-corrected chi connectivity index (χ0v) is 15.7. The van der Waals surface area contributed by atoms with Gasteiger partial charge < -0.3 is 5.32 Å². The van der Waals surface area contributed by atoms with Crippen LogP contribution in [0.4, 0.5) is 5.69 Å². The minimum absolute atomic E-state index is 0.186. The van der Waals surface area contributed by atoms with Crippen LogP contribution in [0, 0.1) is 11.3 Å². The molecule has 136 valence electrons. The molecule has 2 aromatic carbocycles. The van der Waals surface area contributed by atoms with Crippen molar-refractivity contribution in [3.05, 3.63) is 64.7 Å². The molecule has 6 nitrogen and oxygen atoms in total. The summed E-state index contributed by atoms with van der Waals surface area (Å²) in [5, 5.41) is 12.5. The maximum Gasteiger partial charge on any atom is 0.240 e. The maximum absolute atomic E-state index is 12.2. The van der Waals surface area contributed by atoms with E-state index in [1.54, 1.807) is 24.3 Å². The molecule has 0 unspecified atom stereocenters. The van der Waals surface area contributed by atoms with Crippen molar-refractivity contribution in [2.45, 2.75) is 6.42 Å². The van der Waals surface area contributed by atoms with Crippen LogP contribution in [-0.2, 0) is 21.2 Å². The van der Waals surface area contributed by atoms with E-state index in [1.807, 2.05) is 18.2 Å². The molecule has 1 amide bonds. The lowest BCUT2D eigenvalue weighted by atomic mass is 10.1. The highest BCUT2D eigenvalue weighted by atomic mass is 35.5. The van der Waals surface area contributed by atoms with Gasteiger partial charge in [0.05, 0.1) is 17.5 Å². The molecule has 2 rings (SSSR count). The van der Waals surface area contributed by atoms with Gasteiger partial charge in [-0.15, -0.1) is 0 Å². The van der Waals surface area contributed by atoms with Gasteiger partial charge in [0.25, 0.3) is 0 Å². The number of benzene rings is 2. The average molecular weight is 392 g/mol. The van der Waals surface area contributed by atoms with Crippen molar-refractivity contribution in [2.75, 3.05) is 23.7 Å². The number of carbonyl (C=O) groups is 1. The Bertz CT molecular complexity index is 921. The number of sulfonamides is 1. The van der Waals surface area contributed by atoms with Gasteiger partial charge in [0, 0.05) is 11.6 Å². The van der Waals surface area contributed by atoms with Crippen molar-refractivity contribution >= 4 is 33.2 Å². The number of para-hydroxylation sites is 1. The van der Waals surface area contributed by atoms with Crippen LogP contribution in [0.2, 0.25) is 5.02 Å². The largest absolute Gasteiger partial charge is 0.354 e. The van der Waals surface area contributed by atoms with Crippen molar-refractivity contribution in [3.63, 3.8) is 0 Å². The predicted molar refractivity (Wildman–Crippen MR) is 102 cm³/mol. The minimum atomic E-state index is -3.72. The van der Waals surface area contributed by atoms with Crippen LogP contribution in [0.3, 0.4) is 0 Å². The molecule has 26 heavy (non-hydrogen) atoms. The van der Waals surface area contributed by atoms with E-state index in [0.717, 1.165) is 16.1 Å². The second-order valence-electron chi connectivity index (χ2n) is 5.63. The van der Waals surface area contributed by atoms with Gasteiger partial charge in [-0.05, 0) is 36.2 Å². The van der Waals surface area contributed by atoms with Crippen LogP contribution >= 0.6 is 11.6 Å². The third kappa shape index (κ3) is 5.48. The number of hydrogen-bond donors (Lipinski definition) is 1. The lowest BCUT2D eigenvalue weighted by molar-refractivity contribution is -0.119. The number of nitrogens with zero attached hydrogens (tertiary/aromatic N) is 2. The molecular weight excluding hydrogens is 374 g/mol. The molecule has 0 saturated carbocycles. The standard InChI is InChI=1S/C18H18ClN3O3S/c1-26(24,25)22(17-5-3-2-4-15(17)12-20)13-18(23)21-11-10-14-6-8-16(19)9-7-14/h2-9H,10-11,13H2,1H3,(H,21,23). The molecule has 0 aliphatic heterocycles. The number of halogens is 1. The lowest BCUT2D eigenvalue weighted by Gasteiger charge is -2.22. The first-order valence-corrected chi connectivity index (χ1v) is 10.0. The summed E-state index contributed by atoms with van der Waals surface area (Å²) in [5.41, 5.74) is 1.38. The van der Waals surface area contributed by atoms with Crippen molar-refractivity contribution in [3.8, 4) is 6.07 Å². The Kier molecular flexibility index (Phi) is 6.61. The molecule has 0 spiro atoms. The van der Waals surface area contributed by atoms with Crippen molar-refractivity contribution in [1.29, 1.82) is 5.26 Å². The van der Waals surface area contributed by atoms with Gasteiger partial charge >= 0.3 is 0 Å². The normalized spacial score (nSPS) is 10.8. The summed E-state index contributed by atoms with van der Waals surface area (Å²) >= 11 is 5.82. The molecule has 0 atom stereocenters. The number of anilines is 1. The van der Waals surface area contributed by atoms with E-state index in [0.29, 0.717) is 18.0 Å². The SMILES string of the molecule is CS(=O)(=O)N(CC(=O)NCCc1ccc(Cl)cc1)c1ccccc1C#N. The summed E-state index contributed by atoms with van der Waals surface area (Å²) in [7, 11) is -3.72. The fourth-order valence-electron chi connectivity index (χ4n) is 2.35. The monoisotopic (exact) mass is 391 g/mol. The lowest BCUT2D eigenvalue weighted by Crippen LogP contribution is -2.41. The summed E-state index contributed by atoms with van der Waals surface area (Å²) in [5.74, 6) is -0.447. The van der Waals surface area contributed by atoms with E-state index in [2.05, 4.69) is 5.32 Å². The first-order chi connectivity index (χ1) is 12.3. The smallest absolute Gasteiger partial charge is 0.240 e. The Morgan fingerprint density at radius 2 is 1.85 bits per heavy atom. The van der Waals surface area contributed by atoms with Gasteiger partial charge in [0.2, 0.25) is 15.9 Å². The summed E-state index contributed by atoms with van der Waals surface area (Å²) in [6.45, 7) is -0.0316. The number of nitriles is 1. The Morgan fingerprint density at radius 1 is 1.19 bits per heavy atom. The third-order valence-electron chi connectivity index (χ3n) is 3.63. The number of nitrogens with one attached hydrogen (secondary N) is 1. The van der Waals surface area contributed by atoms with Gasteiger partial charge in [-0.2, -0.15) is 5.26 Å². The number of hydrogen-bond acceptors (Lipinski definition) is 4. The fraction of sp³-hybridized carbons (Fsp3) is 0.222. The third-order valence-corrected chi connectivity index (χ3v) is 5.01. The topological polar surface area (TPSA) is 90.3 Å².